The monoisotopic (exact) mass is 334 g/mol. The molecule has 6 heteroatoms. The zero-order valence-corrected chi connectivity index (χ0v) is 14.6. The Balaban J connectivity index is 1.43. The van der Waals surface area contributed by atoms with Crippen molar-refractivity contribution in [3.63, 3.8) is 0 Å². The number of tetrazole rings is 1. The van der Waals surface area contributed by atoms with Crippen LogP contribution in [0.5, 0.6) is 0 Å². The smallest absolute Gasteiger partial charge is 0.247 e. The molecule has 1 atom stereocenters. The average Bonchev–Trinajstić information content (AvgIpc) is 3.20. The minimum Gasteiger partial charge on any atom is -0.367 e. The predicted octanol–water partition coefficient (Wildman–Crippen LogP) is 2.83. The van der Waals surface area contributed by atoms with Gasteiger partial charge in [0.05, 0.1) is 5.69 Å². The Kier molecular flexibility index (Phi) is 4.09. The van der Waals surface area contributed by atoms with E-state index in [0.29, 0.717) is 12.0 Å². The van der Waals surface area contributed by atoms with Crippen molar-refractivity contribution in [3.05, 3.63) is 59.7 Å². The van der Waals surface area contributed by atoms with E-state index in [1.165, 1.54) is 16.8 Å². The summed E-state index contributed by atoms with van der Waals surface area (Å²) in [5, 5.41) is 15.4. The molecule has 1 N–H and O–H groups in total. The van der Waals surface area contributed by atoms with E-state index >= 15 is 0 Å². The Bertz CT molecular complexity index is 854. The molecule has 0 radical (unpaired) electrons. The van der Waals surface area contributed by atoms with Crippen LogP contribution in [-0.2, 0) is 6.42 Å². The summed E-state index contributed by atoms with van der Waals surface area (Å²) in [5.74, 6) is 0.670. The summed E-state index contributed by atoms with van der Waals surface area (Å²) < 4.78 is 1.74. The number of nitrogens with zero attached hydrogens (tertiary/aromatic N) is 5. The first-order valence-corrected chi connectivity index (χ1v) is 8.66. The molecule has 0 bridgehead atoms. The molecular formula is C19H22N6. The maximum Gasteiger partial charge on any atom is 0.247 e. The van der Waals surface area contributed by atoms with Crippen LogP contribution in [0.15, 0.2) is 48.5 Å². The molecule has 1 aliphatic rings. The number of benzene rings is 2. The third kappa shape index (κ3) is 3.07. The molecule has 2 aromatic carbocycles. The normalized spacial score (nSPS) is 16.1. The average molecular weight is 334 g/mol. The molecule has 1 unspecified atom stereocenters. The Morgan fingerprint density at radius 2 is 1.92 bits per heavy atom. The minimum atomic E-state index is 0.521. The summed E-state index contributed by atoms with van der Waals surface area (Å²) >= 11 is 0. The van der Waals surface area contributed by atoms with E-state index in [1.807, 2.05) is 12.1 Å². The van der Waals surface area contributed by atoms with E-state index in [2.05, 4.69) is 76.0 Å². The molecule has 0 amide bonds. The number of para-hydroxylation sites is 1. The van der Waals surface area contributed by atoms with Crippen LogP contribution in [0, 0.1) is 6.92 Å². The van der Waals surface area contributed by atoms with Crippen LogP contribution in [0.1, 0.15) is 18.1 Å². The number of nitrogens with one attached hydrogen (secondary N) is 1. The number of hydrogen-bond donors (Lipinski definition) is 1. The van der Waals surface area contributed by atoms with Crippen LogP contribution >= 0.6 is 0 Å². The molecule has 0 spiro atoms. The first-order chi connectivity index (χ1) is 12.2. The van der Waals surface area contributed by atoms with Gasteiger partial charge in [0.15, 0.2) is 0 Å². The van der Waals surface area contributed by atoms with Gasteiger partial charge in [-0.25, -0.2) is 0 Å². The topological polar surface area (TPSA) is 58.9 Å². The molecule has 6 nitrogen and oxygen atoms in total. The molecule has 2 heterocycles. The van der Waals surface area contributed by atoms with Gasteiger partial charge >= 0.3 is 0 Å². The largest absolute Gasteiger partial charge is 0.367 e. The van der Waals surface area contributed by atoms with Gasteiger partial charge in [-0.3, -0.25) is 0 Å². The van der Waals surface area contributed by atoms with Gasteiger partial charge in [-0.05, 0) is 54.5 Å². The Hall–Kier alpha value is -2.89. The number of rotatable bonds is 5. The van der Waals surface area contributed by atoms with Gasteiger partial charge in [-0.15, -0.1) is 0 Å². The lowest BCUT2D eigenvalue weighted by molar-refractivity contribution is 0.679. The van der Waals surface area contributed by atoms with Crippen molar-refractivity contribution >= 4 is 11.6 Å². The summed E-state index contributed by atoms with van der Waals surface area (Å²) in [6.45, 7) is 6.04. The Morgan fingerprint density at radius 3 is 2.76 bits per heavy atom. The summed E-state index contributed by atoms with van der Waals surface area (Å²) in [6.07, 6.45) is 1.11. The molecule has 4 rings (SSSR count). The lowest BCUT2D eigenvalue weighted by atomic mass is 10.1. The van der Waals surface area contributed by atoms with Crippen molar-refractivity contribution in [2.45, 2.75) is 26.3 Å². The Morgan fingerprint density at radius 1 is 1.12 bits per heavy atom. The fourth-order valence-electron chi connectivity index (χ4n) is 3.42. The zero-order valence-electron chi connectivity index (χ0n) is 14.6. The molecule has 25 heavy (non-hydrogen) atoms. The molecule has 1 aliphatic heterocycles. The summed E-state index contributed by atoms with van der Waals surface area (Å²) in [6, 6.07) is 17.3. The molecule has 0 saturated heterocycles. The number of anilines is 2. The highest BCUT2D eigenvalue weighted by molar-refractivity contribution is 5.59. The second-order valence-electron chi connectivity index (χ2n) is 6.55. The third-order valence-corrected chi connectivity index (χ3v) is 4.73. The second kappa shape index (κ2) is 6.55. The molecule has 3 aromatic rings. The van der Waals surface area contributed by atoms with E-state index in [1.54, 1.807) is 4.68 Å². The van der Waals surface area contributed by atoms with Gasteiger partial charge in [-0.2, -0.15) is 4.68 Å². The van der Waals surface area contributed by atoms with Gasteiger partial charge in [0.25, 0.3) is 0 Å². The van der Waals surface area contributed by atoms with Crippen LogP contribution in [-0.4, -0.2) is 39.3 Å². The number of aromatic nitrogens is 4. The van der Waals surface area contributed by atoms with Gasteiger partial charge in [0.2, 0.25) is 5.95 Å². The quantitative estimate of drug-likeness (QED) is 0.777. The molecule has 0 aliphatic carbocycles. The van der Waals surface area contributed by atoms with E-state index in [9.17, 15) is 0 Å². The summed E-state index contributed by atoms with van der Waals surface area (Å²) in [7, 11) is 0. The fourth-order valence-corrected chi connectivity index (χ4v) is 3.42. The van der Waals surface area contributed by atoms with Crippen molar-refractivity contribution in [3.8, 4) is 5.69 Å². The lowest BCUT2D eigenvalue weighted by Gasteiger charge is -2.25. The van der Waals surface area contributed by atoms with Crippen LogP contribution in [0.3, 0.4) is 0 Å². The van der Waals surface area contributed by atoms with Crippen molar-refractivity contribution in [2.75, 3.05) is 23.3 Å². The van der Waals surface area contributed by atoms with Gasteiger partial charge in [0, 0.05) is 24.8 Å². The molecule has 0 saturated carbocycles. The van der Waals surface area contributed by atoms with E-state index in [4.69, 9.17) is 0 Å². The molecular weight excluding hydrogens is 312 g/mol. The first-order valence-electron chi connectivity index (χ1n) is 8.66. The van der Waals surface area contributed by atoms with Crippen LogP contribution in [0.2, 0.25) is 0 Å². The first kappa shape index (κ1) is 15.6. The maximum atomic E-state index is 4.11. The fraction of sp³-hybridized carbons (Fsp3) is 0.316. The van der Waals surface area contributed by atoms with Crippen molar-refractivity contribution in [2.24, 2.45) is 0 Å². The summed E-state index contributed by atoms with van der Waals surface area (Å²) in [4.78, 5) is 2.45. The number of fused-ring (bicyclic) bond motifs is 1. The van der Waals surface area contributed by atoms with Crippen molar-refractivity contribution < 1.29 is 0 Å². The van der Waals surface area contributed by atoms with E-state index < -0.39 is 0 Å². The lowest BCUT2D eigenvalue weighted by Crippen LogP contribution is -2.34. The molecule has 128 valence electrons. The highest BCUT2D eigenvalue weighted by atomic mass is 15.6. The number of aryl methyl sites for hydroxylation is 1. The summed E-state index contributed by atoms with van der Waals surface area (Å²) in [5.41, 5.74) is 4.94. The van der Waals surface area contributed by atoms with Crippen molar-refractivity contribution in [1.29, 1.82) is 0 Å². The standard InChI is InChI=1S/C19H22N6/c1-14-7-9-17(10-8-14)25-19(21-22-23-25)20-11-12-24-15(2)13-16-5-3-4-6-18(16)24/h3-10,15H,11-13H2,1-2H3,(H,20,21,23). The highest BCUT2D eigenvalue weighted by Crippen LogP contribution is 2.31. The Labute approximate surface area is 147 Å². The molecule has 0 fully saturated rings. The third-order valence-electron chi connectivity index (χ3n) is 4.73. The minimum absolute atomic E-state index is 0.521. The maximum absolute atomic E-state index is 4.11. The van der Waals surface area contributed by atoms with Crippen molar-refractivity contribution in [1.82, 2.24) is 20.2 Å². The van der Waals surface area contributed by atoms with Crippen LogP contribution < -0.4 is 10.2 Å². The van der Waals surface area contributed by atoms with Gasteiger partial charge < -0.3 is 10.2 Å². The van der Waals surface area contributed by atoms with Gasteiger partial charge in [0.1, 0.15) is 0 Å². The SMILES string of the molecule is Cc1ccc(-n2nnnc2NCCN2c3ccccc3CC2C)cc1. The number of hydrogen-bond acceptors (Lipinski definition) is 5. The second-order valence-corrected chi connectivity index (χ2v) is 6.55. The van der Waals surface area contributed by atoms with E-state index in [0.717, 1.165) is 25.2 Å². The molecule has 1 aromatic heterocycles. The van der Waals surface area contributed by atoms with E-state index in [-0.39, 0.29) is 0 Å². The zero-order chi connectivity index (χ0) is 17.2. The predicted molar refractivity (Wildman–Crippen MR) is 99.3 cm³/mol. The van der Waals surface area contributed by atoms with Gasteiger partial charge in [-0.1, -0.05) is 41.0 Å². The van der Waals surface area contributed by atoms with Crippen LogP contribution in [0.4, 0.5) is 11.6 Å². The highest BCUT2D eigenvalue weighted by Gasteiger charge is 2.24. The van der Waals surface area contributed by atoms with Crippen LogP contribution in [0.25, 0.3) is 5.69 Å².